The van der Waals surface area contributed by atoms with Gasteiger partial charge in [-0.15, -0.1) is 0 Å². The molecule has 1 aromatic heterocycles. The van der Waals surface area contributed by atoms with Gasteiger partial charge in [-0.2, -0.15) is 0 Å². The summed E-state index contributed by atoms with van der Waals surface area (Å²) in [6, 6.07) is 12.5. The molecule has 0 amide bonds. The van der Waals surface area contributed by atoms with E-state index in [0.717, 1.165) is 5.56 Å². The maximum Gasteiger partial charge on any atom is 0.264 e. The first-order chi connectivity index (χ1) is 14.1. The summed E-state index contributed by atoms with van der Waals surface area (Å²) in [7, 11) is 1.54. The second-order valence-corrected chi connectivity index (χ2v) is 6.58. The highest BCUT2D eigenvalue weighted by Crippen LogP contribution is 2.32. The van der Waals surface area contributed by atoms with Gasteiger partial charge in [0, 0.05) is 12.3 Å². The first-order valence-corrected chi connectivity index (χ1v) is 9.08. The molecule has 4 rings (SSSR count). The summed E-state index contributed by atoms with van der Waals surface area (Å²) in [5, 5.41) is 10.7. The second kappa shape index (κ2) is 7.80. The summed E-state index contributed by atoms with van der Waals surface area (Å²) in [5.74, 6) is 1.63. The number of H-pyrrole nitrogens is 1. The molecule has 8 nitrogen and oxygen atoms in total. The van der Waals surface area contributed by atoms with E-state index < -0.39 is 5.56 Å². The molecular formula is C20H17N3O5S. The number of nitrogens with zero attached hydrogens (tertiary/aromatic N) is 2. The summed E-state index contributed by atoms with van der Waals surface area (Å²) in [5.41, 5.74) is 0.902. The van der Waals surface area contributed by atoms with E-state index in [1.807, 2.05) is 12.1 Å². The summed E-state index contributed by atoms with van der Waals surface area (Å²) in [4.78, 5) is 19.2. The average Bonchev–Trinajstić information content (AvgIpc) is 3.18. The number of fused-ring (bicyclic) bond motifs is 1. The van der Waals surface area contributed by atoms with Gasteiger partial charge < -0.3 is 19.3 Å². The Bertz CT molecular complexity index is 1220. The molecule has 0 radical (unpaired) electrons. The quantitative estimate of drug-likeness (QED) is 0.495. The van der Waals surface area contributed by atoms with Gasteiger partial charge in [0.15, 0.2) is 16.3 Å². The number of rotatable bonds is 5. The van der Waals surface area contributed by atoms with Gasteiger partial charge in [-0.25, -0.2) is 0 Å². The normalized spacial score (nSPS) is 12.4. The predicted molar refractivity (Wildman–Crippen MR) is 109 cm³/mol. The molecule has 2 N–H and O–H groups in total. The number of nitrogens with one attached hydrogen (secondary N) is 1. The number of aliphatic imine (C=N–C) groups is 1. The first kappa shape index (κ1) is 18.8. The van der Waals surface area contributed by atoms with Crippen LogP contribution in [-0.2, 0) is 6.54 Å². The number of aromatic amines is 1. The molecule has 0 saturated carbocycles. The number of benzene rings is 2. The van der Waals surface area contributed by atoms with E-state index in [1.54, 1.807) is 37.4 Å². The number of ether oxygens (including phenoxy) is 3. The minimum Gasteiger partial charge on any atom is -0.497 e. The maximum atomic E-state index is 12.3. The third kappa shape index (κ3) is 3.72. The van der Waals surface area contributed by atoms with Gasteiger partial charge in [0.05, 0.1) is 19.3 Å². The fraction of sp³-hybridized carbons (Fsp3) is 0.150. The Hall–Kier alpha value is -3.59. The molecule has 0 unspecified atom stereocenters. The summed E-state index contributed by atoms with van der Waals surface area (Å²) in [6.07, 6.45) is 1.32. The van der Waals surface area contributed by atoms with E-state index in [-0.39, 0.29) is 23.0 Å². The van der Waals surface area contributed by atoms with Crippen LogP contribution in [0.5, 0.6) is 23.1 Å². The minimum atomic E-state index is -0.527. The summed E-state index contributed by atoms with van der Waals surface area (Å²) >= 11 is 5.22. The molecular weight excluding hydrogens is 394 g/mol. The molecule has 0 fully saturated rings. The van der Waals surface area contributed by atoms with Crippen LogP contribution >= 0.6 is 12.2 Å². The van der Waals surface area contributed by atoms with Crippen LogP contribution < -0.4 is 19.8 Å². The van der Waals surface area contributed by atoms with E-state index in [0.29, 0.717) is 29.5 Å². The van der Waals surface area contributed by atoms with Crippen LogP contribution in [0, 0.1) is 4.77 Å². The zero-order chi connectivity index (χ0) is 20.4. The fourth-order valence-corrected chi connectivity index (χ4v) is 3.21. The first-order valence-electron chi connectivity index (χ1n) is 8.68. The standard InChI is InChI=1S/C20H17N3O5S/c1-26-14-4-2-3-13(8-14)23-19(25)15(18(24)22-20(23)29)10-21-9-12-5-6-16-17(7-12)28-11-27-16/h2-8,10,25H,9,11H2,1H3,(H,22,24,29). The Morgan fingerprint density at radius 2 is 2.10 bits per heavy atom. The van der Waals surface area contributed by atoms with Crippen LogP contribution in [0.25, 0.3) is 5.69 Å². The number of aromatic nitrogens is 2. The lowest BCUT2D eigenvalue weighted by molar-refractivity contribution is 0.174. The topological polar surface area (TPSA) is 98.1 Å². The van der Waals surface area contributed by atoms with Crippen molar-refractivity contribution >= 4 is 18.4 Å². The van der Waals surface area contributed by atoms with E-state index in [4.69, 9.17) is 26.4 Å². The molecule has 9 heteroatoms. The molecule has 3 aromatic rings. The lowest BCUT2D eigenvalue weighted by Gasteiger charge is -2.12. The predicted octanol–water partition coefficient (Wildman–Crippen LogP) is 2.96. The zero-order valence-electron chi connectivity index (χ0n) is 15.4. The maximum absolute atomic E-state index is 12.3. The Morgan fingerprint density at radius 1 is 1.28 bits per heavy atom. The van der Waals surface area contributed by atoms with E-state index in [9.17, 15) is 9.90 Å². The van der Waals surface area contributed by atoms with Crippen LogP contribution in [0.1, 0.15) is 11.1 Å². The van der Waals surface area contributed by atoms with Crippen molar-refractivity contribution in [3.63, 3.8) is 0 Å². The molecule has 1 aliphatic rings. The average molecular weight is 411 g/mol. The van der Waals surface area contributed by atoms with E-state index >= 15 is 0 Å². The van der Waals surface area contributed by atoms with Crippen molar-refractivity contribution in [2.75, 3.05) is 13.9 Å². The van der Waals surface area contributed by atoms with Crippen molar-refractivity contribution in [1.29, 1.82) is 0 Å². The Labute approximate surface area is 170 Å². The number of hydrogen-bond acceptors (Lipinski definition) is 7. The van der Waals surface area contributed by atoms with Crippen molar-refractivity contribution in [2.45, 2.75) is 6.54 Å². The lowest BCUT2D eigenvalue weighted by Crippen LogP contribution is -2.18. The number of methoxy groups -OCH3 is 1. The molecule has 0 spiro atoms. The second-order valence-electron chi connectivity index (χ2n) is 6.19. The van der Waals surface area contributed by atoms with E-state index in [2.05, 4.69) is 9.98 Å². The van der Waals surface area contributed by atoms with Gasteiger partial charge in [-0.1, -0.05) is 12.1 Å². The van der Waals surface area contributed by atoms with Crippen LogP contribution in [0.15, 0.2) is 52.3 Å². The highest BCUT2D eigenvalue weighted by atomic mass is 32.1. The smallest absolute Gasteiger partial charge is 0.264 e. The molecule has 0 bridgehead atoms. The third-order valence-corrected chi connectivity index (χ3v) is 4.65. The third-order valence-electron chi connectivity index (χ3n) is 4.36. The van der Waals surface area contributed by atoms with Crippen molar-refractivity contribution in [1.82, 2.24) is 9.55 Å². The van der Waals surface area contributed by atoms with Gasteiger partial charge in [0.25, 0.3) is 5.56 Å². The summed E-state index contributed by atoms with van der Waals surface area (Å²) < 4.78 is 17.2. The van der Waals surface area contributed by atoms with Crippen molar-refractivity contribution in [3.05, 3.63) is 68.7 Å². The zero-order valence-corrected chi connectivity index (χ0v) is 16.2. The number of aromatic hydroxyl groups is 1. The van der Waals surface area contributed by atoms with Gasteiger partial charge in [0.1, 0.15) is 11.3 Å². The van der Waals surface area contributed by atoms with Gasteiger partial charge in [-0.3, -0.25) is 19.3 Å². The Morgan fingerprint density at radius 3 is 2.93 bits per heavy atom. The van der Waals surface area contributed by atoms with Gasteiger partial charge in [-0.05, 0) is 42.0 Å². The monoisotopic (exact) mass is 411 g/mol. The summed E-state index contributed by atoms with van der Waals surface area (Å²) in [6.45, 7) is 0.493. The Kier molecular flexibility index (Phi) is 5.05. The van der Waals surface area contributed by atoms with Gasteiger partial charge >= 0.3 is 0 Å². The molecule has 29 heavy (non-hydrogen) atoms. The van der Waals surface area contributed by atoms with E-state index in [1.165, 1.54) is 10.8 Å². The van der Waals surface area contributed by atoms with Crippen LogP contribution in [0.4, 0.5) is 0 Å². The number of hydrogen-bond donors (Lipinski definition) is 2. The molecule has 2 heterocycles. The largest absolute Gasteiger partial charge is 0.497 e. The SMILES string of the molecule is COc1cccc(-n2c(O)c(C=NCc3ccc4c(c3)OCO4)c(=O)[nH]c2=S)c1. The molecule has 0 atom stereocenters. The highest BCUT2D eigenvalue weighted by molar-refractivity contribution is 7.71. The van der Waals surface area contributed by atoms with Crippen molar-refractivity contribution in [2.24, 2.45) is 4.99 Å². The Balaban J connectivity index is 1.66. The van der Waals surface area contributed by atoms with Crippen molar-refractivity contribution in [3.8, 4) is 28.8 Å². The van der Waals surface area contributed by atoms with Crippen LogP contribution in [-0.4, -0.2) is 34.8 Å². The minimum absolute atomic E-state index is 0.00200. The lowest BCUT2D eigenvalue weighted by atomic mass is 10.2. The molecule has 1 aliphatic heterocycles. The molecule has 0 saturated heterocycles. The molecule has 148 valence electrons. The van der Waals surface area contributed by atoms with Crippen molar-refractivity contribution < 1.29 is 19.3 Å². The van der Waals surface area contributed by atoms with Crippen LogP contribution in [0.2, 0.25) is 0 Å². The fourth-order valence-electron chi connectivity index (χ4n) is 2.93. The highest BCUT2D eigenvalue weighted by Gasteiger charge is 2.14. The molecule has 0 aliphatic carbocycles. The van der Waals surface area contributed by atoms with Crippen LogP contribution in [0.3, 0.4) is 0 Å². The van der Waals surface area contributed by atoms with Gasteiger partial charge in [0.2, 0.25) is 12.7 Å². The molecule has 2 aromatic carbocycles.